The summed E-state index contributed by atoms with van der Waals surface area (Å²) >= 11 is 1.33. The first kappa shape index (κ1) is 19.4. The quantitative estimate of drug-likeness (QED) is 0.473. The van der Waals surface area contributed by atoms with Crippen molar-refractivity contribution >= 4 is 29.3 Å². The maximum atomic E-state index is 12.2. The topological polar surface area (TPSA) is 77.5 Å². The number of carbonyl (C=O) groups excluding carboxylic acids is 2. The molecule has 28 heavy (non-hydrogen) atoms. The number of aromatic nitrogens is 1. The van der Waals surface area contributed by atoms with E-state index in [2.05, 4.69) is 10.3 Å². The van der Waals surface area contributed by atoms with E-state index < -0.39 is 18.5 Å². The number of benzene rings is 2. The molecule has 142 valence electrons. The average Bonchev–Trinajstić information content (AvgIpc) is 2.74. The highest BCUT2D eigenvalue weighted by molar-refractivity contribution is 7.98. The number of para-hydroxylation sites is 3. The molecule has 0 unspecified atom stereocenters. The number of hydrogen-bond donors (Lipinski definition) is 1. The SMILES string of the molecule is CSc1ncccc1C(=O)OCC(=O)Nc1ccccc1Oc1ccccc1. The van der Waals surface area contributed by atoms with Gasteiger partial charge in [-0.25, -0.2) is 9.78 Å². The third-order valence-corrected chi connectivity index (χ3v) is 4.36. The Kier molecular flexibility index (Phi) is 6.64. The van der Waals surface area contributed by atoms with Gasteiger partial charge in [0.2, 0.25) is 0 Å². The van der Waals surface area contributed by atoms with Crippen molar-refractivity contribution in [2.45, 2.75) is 5.03 Å². The number of pyridine rings is 1. The van der Waals surface area contributed by atoms with E-state index >= 15 is 0 Å². The van der Waals surface area contributed by atoms with Gasteiger partial charge in [0, 0.05) is 6.20 Å². The zero-order valence-corrected chi connectivity index (χ0v) is 15.9. The van der Waals surface area contributed by atoms with Crippen LogP contribution >= 0.6 is 11.8 Å². The van der Waals surface area contributed by atoms with Gasteiger partial charge in [-0.05, 0) is 42.7 Å². The van der Waals surface area contributed by atoms with E-state index in [1.54, 1.807) is 42.6 Å². The molecule has 2 aromatic carbocycles. The van der Waals surface area contributed by atoms with Crippen molar-refractivity contribution in [1.82, 2.24) is 4.98 Å². The second-order valence-corrected chi connectivity index (χ2v) is 6.39. The molecular weight excluding hydrogens is 376 g/mol. The van der Waals surface area contributed by atoms with Crippen LogP contribution in [0.15, 0.2) is 78.0 Å². The number of esters is 1. The van der Waals surface area contributed by atoms with E-state index in [0.717, 1.165) is 0 Å². The summed E-state index contributed by atoms with van der Waals surface area (Å²) in [6.07, 6.45) is 3.41. The fourth-order valence-corrected chi connectivity index (χ4v) is 2.92. The Morgan fingerprint density at radius 3 is 2.54 bits per heavy atom. The lowest BCUT2D eigenvalue weighted by Crippen LogP contribution is -2.21. The van der Waals surface area contributed by atoms with Crippen LogP contribution in [0.25, 0.3) is 0 Å². The fraction of sp³-hybridized carbons (Fsp3) is 0.0952. The molecule has 0 aliphatic heterocycles. The zero-order valence-electron chi connectivity index (χ0n) is 15.1. The number of carbonyl (C=O) groups is 2. The molecule has 1 aromatic heterocycles. The summed E-state index contributed by atoms with van der Waals surface area (Å²) in [5.41, 5.74) is 0.814. The van der Waals surface area contributed by atoms with E-state index in [0.29, 0.717) is 27.8 Å². The van der Waals surface area contributed by atoms with Crippen molar-refractivity contribution in [3.05, 3.63) is 78.5 Å². The lowest BCUT2D eigenvalue weighted by Gasteiger charge is -2.12. The first-order valence-corrected chi connectivity index (χ1v) is 9.68. The van der Waals surface area contributed by atoms with Crippen molar-refractivity contribution in [1.29, 1.82) is 0 Å². The molecule has 0 saturated carbocycles. The number of hydrogen-bond acceptors (Lipinski definition) is 6. The normalized spacial score (nSPS) is 10.2. The number of anilines is 1. The summed E-state index contributed by atoms with van der Waals surface area (Å²) in [5.74, 6) is 0.0792. The molecule has 0 fully saturated rings. The molecule has 0 spiro atoms. The van der Waals surface area contributed by atoms with Crippen LogP contribution in [0.2, 0.25) is 0 Å². The second kappa shape index (κ2) is 9.57. The molecule has 0 radical (unpaired) electrons. The summed E-state index contributed by atoms with van der Waals surface area (Å²) in [7, 11) is 0. The fourth-order valence-electron chi connectivity index (χ4n) is 2.38. The summed E-state index contributed by atoms with van der Waals surface area (Å²) < 4.78 is 10.9. The third-order valence-electron chi connectivity index (χ3n) is 3.65. The van der Waals surface area contributed by atoms with E-state index in [4.69, 9.17) is 9.47 Å². The molecule has 7 heteroatoms. The summed E-state index contributed by atoms with van der Waals surface area (Å²) in [4.78, 5) is 28.6. The Hall–Kier alpha value is -3.32. The van der Waals surface area contributed by atoms with Crippen LogP contribution in [-0.4, -0.2) is 29.7 Å². The molecule has 1 N–H and O–H groups in total. The van der Waals surface area contributed by atoms with Gasteiger partial charge in [0.1, 0.15) is 10.8 Å². The Labute approximate surface area is 166 Å². The average molecular weight is 394 g/mol. The van der Waals surface area contributed by atoms with Crippen LogP contribution in [0.5, 0.6) is 11.5 Å². The molecule has 6 nitrogen and oxygen atoms in total. The number of rotatable bonds is 7. The lowest BCUT2D eigenvalue weighted by atomic mass is 10.3. The minimum Gasteiger partial charge on any atom is -0.455 e. The summed E-state index contributed by atoms with van der Waals surface area (Å²) in [6.45, 7) is -0.415. The predicted molar refractivity (Wildman–Crippen MR) is 108 cm³/mol. The smallest absolute Gasteiger partial charge is 0.341 e. The Bertz CT molecular complexity index is 963. The molecule has 3 rings (SSSR count). The van der Waals surface area contributed by atoms with Gasteiger partial charge in [-0.15, -0.1) is 11.8 Å². The van der Waals surface area contributed by atoms with Crippen LogP contribution < -0.4 is 10.1 Å². The van der Waals surface area contributed by atoms with E-state index in [1.165, 1.54) is 11.8 Å². The number of thioether (sulfide) groups is 1. The van der Waals surface area contributed by atoms with Crippen molar-refractivity contribution in [2.75, 3.05) is 18.2 Å². The maximum Gasteiger partial charge on any atom is 0.341 e. The monoisotopic (exact) mass is 394 g/mol. The summed E-state index contributed by atoms with van der Waals surface area (Å²) in [6, 6.07) is 19.5. The zero-order chi connectivity index (χ0) is 19.8. The van der Waals surface area contributed by atoms with Crippen LogP contribution in [-0.2, 0) is 9.53 Å². The van der Waals surface area contributed by atoms with Crippen molar-refractivity contribution in [3.63, 3.8) is 0 Å². The second-order valence-electron chi connectivity index (χ2n) is 5.60. The van der Waals surface area contributed by atoms with Crippen molar-refractivity contribution < 1.29 is 19.1 Å². The van der Waals surface area contributed by atoms with Gasteiger partial charge in [-0.3, -0.25) is 4.79 Å². The van der Waals surface area contributed by atoms with Gasteiger partial charge in [-0.1, -0.05) is 30.3 Å². The van der Waals surface area contributed by atoms with Gasteiger partial charge < -0.3 is 14.8 Å². The first-order chi connectivity index (χ1) is 13.7. The minimum atomic E-state index is -0.596. The molecular formula is C21H18N2O4S. The molecule has 0 aliphatic carbocycles. The highest BCUT2D eigenvalue weighted by Gasteiger charge is 2.15. The van der Waals surface area contributed by atoms with Gasteiger partial charge >= 0.3 is 5.97 Å². The highest BCUT2D eigenvalue weighted by Crippen LogP contribution is 2.29. The Morgan fingerprint density at radius 2 is 1.75 bits per heavy atom. The third kappa shape index (κ3) is 5.11. The molecule has 0 atom stereocenters. The predicted octanol–water partition coefficient (Wildman–Crippen LogP) is 4.39. The molecule has 0 saturated heterocycles. The highest BCUT2D eigenvalue weighted by atomic mass is 32.2. The van der Waals surface area contributed by atoms with Crippen molar-refractivity contribution in [2.24, 2.45) is 0 Å². The lowest BCUT2D eigenvalue weighted by molar-refractivity contribution is -0.119. The summed E-state index contributed by atoms with van der Waals surface area (Å²) in [5, 5.41) is 3.25. The van der Waals surface area contributed by atoms with E-state index in [-0.39, 0.29) is 0 Å². The molecule has 0 aliphatic rings. The number of ether oxygens (including phenoxy) is 2. The van der Waals surface area contributed by atoms with Crippen LogP contribution in [0.4, 0.5) is 5.69 Å². The number of nitrogens with zero attached hydrogens (tertiary/aromatic N) is 1. The van der Waals surface area contributed by atoms with E-state index in [1.807, 2.05) is 36.6 Å². The first-order valence-electron chi connectivity index (χ1n) is 8.45. The molecule has 1 heterocycles. The van der Waals surface area contributed by atoms with Crippen LogP contribution in [0.3, 0.4) is 0 Å². The maximum absolute atomic E-state index is 12.2. The van der Waals surface area contributed by atoms with Crippen molar-refractivity contribution in [3.8, 4) is 11.5 Å². The largest absolute Gasteiger partial charge is 0.455 e. The molecule has 0 bridgehead atoms. The van der Waals surface area contributed by atoms with Gasteiger partial charge in [0.15, 0.2) is 12.4 Å². The van der Waals surface area contributed by atoms with E-state index in [9.17, 15) is 9.59 Å². The standard InChI is InChI=1S/C21H18N2O4S/c1-28-20-16(10-7-13-22-20)21(25)26-14-19(24)23-17-11-5-6-12-18(17)27-15-8-3-2-4-9-15/h2-13H,14H2,1H3,(H,23,24). The van der Waals surface area contributed by atoms with Gasteiger partial charge in [0.25, 0.3) is 5.91 Å². The Balaban J connectivity index is 1.62. The number of nitrogens with one attached hydrogen (secondary N) is 1. The molecule has 3 aromatic rings. The van der Waals surface area contributed by atoms with Gasteiger partial charge in [0.05, 0.1) is 11.3 Å². The Morgan fingerprint density at radius 1 is 1.00 bits per heavy atom. The van der Waals surface area contributed by atoms with Crippen LogP contribution in [0.1, 0.15) is 10.4 Å². The molecule has 1 amide bonds. The minimum absolute atomic E-state index is 0.329. The van der Waals surface area contributed by atoms with Crippen LogP contribution in [0, 0.1) is 0 Å². The number of amides is 1. The van der Waals surface area contributed by atoms with Gasteiger partial charge in [-0.2, -0.15) is 0 Å².